The zero-order valence-electron chi connectivity index (χ0n) is 11.0. The second-order valence-corrected chi connectivity index (χ2v) is 5.11. The molecule has 0 spiro atoms. The molecule has 7 heteroatoms. The van der Waals surface area contributed by atoms with Gasteiger partial charge < -0.3 is 10.3 Å². The number of nitrogens with zero attached hydrogens (tertiary/aromatic N) is 3. The van der Waals surface area contributed by atoms with Crippen LogP contribution in [0.5, 0.6) is 0 Å². The summed E-state index contributed by atoms with van der Waals surface area (Å²) in [4.78, 5) is 4.39. The minimum atomic E-state index is 0.371. The predicted octanol–water partition coefficient (Wildman–Crippen LogP) is 2.74. The van der Waals surface area contributed by atoms with E-state index in [4.69, 9.17) is 10.3 Å². The molecule has 6 nitrogen and oxygen atoms in total. The SMILES string of the molecule is CSc1n[nH]c(N)c1-c1nc(-c2ccc(C)cc2)no1. The molecule has 0 aliphatic heterocycles. The number of aryl methyl sites for hydroxylation is 1. The smallest absolute Gasteiger partial charge is 0.264 e. The van der Waals surface area contributed by atoms with E-state index in [1.165, 1.54) is 17.3 Å². The van der Waals surface area contributed by atoms with Crippen LogP contribution in [0.25, 0.3) is 22.8 Å². The van der Waals surface area contributed by atoms with Gasteiger partial charge in [0.2, 0.25) is 5.82 Å². The Bertz CT molecular complexity index is 732. The van der Waals surface area contributed by atoms with Crippen molar-refractivity contribution in [3.8, 4) is 22.8 Å². The van der Waals surface area contributed by atoms with Crippen LogP contribution in [0.3, 0.4) is 0 Å². The Kier molecular flexibility index (Phi) is 3.19. The number of rotatable bonds is 3. The van der Waals surface area contributed by atoms with Crippen LogP contribution in [-0.4, -0.2) is 26.6 Å². The zero-order valence-corrected chi connectivity index (χ0v) is 11.9. The first-order chi connectivity index (χ1) is 9.69. The highest BCUT2D eigenvalue weighted by molar-refractivity contribution is 7.98. The fourth-order valence-electron chi connectivity index (χ4n) is 1.84. The molecule has 0 bridgehead atoms. The third kappa shape index (κ3) is 2.16. The van der Waals surface area contributed by atoms with Gasteiger partial charge in [0.15, 0.2) is 0 Å². The number of hydrogen-bond donors (Lipinski definition) is 2. The van der Waals surface area contributed by atoms with Crippen LogP contribution in [-0.2, 0) is 0 Å². The molecule has 0 saturated carbocycles. The highest BCUT2D eigenvalue weighted by atomic mass is 32.2. The topological polar surface area (TPSA) is 93.6 Å². The summed E-state index contributed by atoms with van der Waals surface area (Å²) in [6.07, 6.45) is 1.91. The van der Waals surface area contributed by atoms with Crippen molar-refractivity contribution in [2.45, 2.75) is 11.9 Å². The lowest BCUT2D eigenvalue weighted by Gasteiger charge is -1.95. The third-order valence-corrected chi connectivity index (χ3v) is 3.59. The summed E-state index contributed by atoms with van der Waals surface area (Å²) in [5.74, 6) is 1.33. The van der Waals surface area contributed by atoms with Crippen LogP contribution in [0, 0.1) is 6.92 Å². The number of aromatic nitrogens is 4. The molecule has 3 rings (SSSR count). The van der Waals surface area contributed by atoms with Crippen LogP contribution in [0.15, 0.2) is 33.8 Å². The molecule has 20 heavy (non-hydrogen) atoms. The van der Waals surface area contributed by atoms with Crippen LogP contribution >= 0.6 is 11.8 Å². The highest BCUT2D eigenvalue weighted by Crippen LogP contribution is 2.32. The number of aromatic amines is 1. The lowest BCUT2D eigenvalue weighted by Crippen LogP contribution is -1.88. The average molecular weight is 287 g/mol. The molecule has 0 unspecified atom stereocenters. The lowest BCUT2D eigenvalue weighted by molar-refractivity contribution is 0.431. The Morgan fingerprint density at radius 3 is 2.70 bits per heavy atom. The van der Waals surface area contributed by atoms with Crippen molar-refractivity contribution in [2.75, 3.05) is 12.0 Å². The van der Waals surface area contributed by atoms with E-state index in [0.717, 1.165) is 10.6 Å². The molecule has 0 radical (unpaired) electrons. The molecule has 0 saturated heterocycles. The van der Waals surface area contributed by atoms with Crippen LogP contribution in [0.2, 0.25) is 0 Å². The van der Waals surface area contributed by atoms with Crippen molar-refractivity contribution in [2.24, 2.45) is 0 Å². The van der Waals surface area contributed by atoms with Crippen LogP contribution in [0.4, 0.5) is 5.82 Å². The summed E-state index contributed by atoms with van der Waals surface area (Å²) in [6, 6.07) is 7.92. The van der Waals surface area contributed by atoms with Crippen LogP contribution in [0.1, 0.15) is 5.56 Å². The van der Waals surface area contributed by atoms with Gasteiger partial charge in [-0.25, -0.2) is 0 Å². The highest BCUT2D eigenvalue weighted by Gasteiger charge is 2.19. The third-order valence-electron chi connectivity index (χ3n) is 2.90. The average Bonchev–Trinajstić information content (AvgIpc) is 3.05. The maximum absolute atomic E-state index is 5.86. The number of nitrogen functional groups attached to an aromatic ring is 1. The molecule has 0 aliphatic carbocycles. The van der Waals surface area contributed by atoms with Gasteiger partial charge in [-0.1, -0.05) is 35.0 Å². The van der Waals surface area contributed by atoms with Crippen molar-refractivity contribution in [3.05, 3.63) is 29.8 Å². The molecule has 2 heterocycles. The zero-order chi connectivity index (χ0) is 14.1. The Hall–Kier alpha value is -2.28. The van der Waals surface area contributed by atoms with Gasteiger partial charge in [0, 0.05) is 5.56 Å². The maximum Gasteiger partial charge on any atom is 0.264 e. The minimum absolute atomic E-state index is 0.371. The summed E-state index contributed by atoms with van der Waals surface area (Å²) in [6.45, 7) is 2.03. The van der Waals surface area contributed by atoms with E-state index in [0.29, 0.717) is 23.1 Å². The van der Waals surface area contributed by atoms with E-state index < -0.39 is 0 Å². The second-order valence-electron chi connectivity index (χ2n) is 4.31. The molecule has 1 aromatic carbocycles. The molecular weight excluding hydrogens is 274 g/mol. The Labute approximate surface area is 119 Å². The summed E-state index contributed by atoms with van der Waals surface area (Å²) in [5, 5.41) is 11.5. The van der Waals surface area contributed by atoms with E-state index in [2.05, 4.69) is 20.3 Å². The Balaban J connectivity index is 2.02. The summed E-state index contributed by atoms with van der Waals surface area (Å²) >= 11 is 1.47. The molecule has 0 amide bonds. The second kappa shape index (κ2) is 5.01. The van der Waals surface area contributed by atoms with Crippen molar-refractivity contribution in [3.63, 3.8) is 0 Å². The molecule has 0 aliphatic rings. The summed E-state index contributed by atoms with van der Waals surface area (Å²) in [7, 11) is 0. The molecule has 3 aromatic rings. The van der Waals surface area contributed by atoms with Gasteiger partial charge in [-0.15, -0.1) is 11.8 Å². The molecular formula is C13H13N5OS. The van der Waals surface area contributed by atoms with Gasteiger partial charge in [-0.3, -0.25) is 5.10 Å². The normalized spacial score (nSPS) is 10.9. The van der Waals surface area contributed by atoms with Gasteiger partial charge in [-0.2, -0.15) is 10.1 Å². The van der Waals surface area contributed by atoms with E-state index in [1.807, 2.05) is 37.4 Å². The number of anilines is 1. The van der Waals surface area contributed by atoms with Crippen molar-refractivity contribution < 1.29 is 4.52 Å². The van der Waals surface area contributed by atoms with E-state index >= 15 is 0 Å². The monoisotopic (exact) mass is 287 g/mol. The minimum Gasteiger partial charge on any atom is -0.383 e. The van der Waals surface area contributed by atoms with Gasteiger partial charge >= 0.3 is 0 Å². The standard InChI is InChI=1S/C13H13N5OS/c1-7-3-5-8(6-4-7)11-15-12(19-18-11)9-10(14)16-17-13(9)20-2/h3-6H,1-2H3,(H3,14,16,17). The first-order valence-corrected chi connectivity index (χ1v) is 7.20. The van der Waals surface area contributed by atoms with Gasteiger partial charge in [0.25, 0.3) is 5.89 Å². The number of nitrogens with one attached hydrogen (secondary N) is 1. The van der Waals surface area contributed by atoms with Crippen molar-refractivity contribution >= 4 is 17.6 Å². The largest absolute Gasteiger partial charge is 0.383 e. The maximum atomic E-state index is 5.86. The molecule has 3 N–H and O–H groups in total. The summed E-state index contributed by atoms with van der Waals surface area (Å²) in [5.41, 5.74) is 8.60. The van der Waals surface area contributed by atoms with E-state index in [9.17, 15) is 0 Å². The number of nitrogens with two attached hydrogens (primary N) is 1. The predicted molar refractivity (Wildman–Crippen MR) is 78.2 cm³/mol. The van der Waals surface area contributed by atoms with Gasteiger partial charge in [0.05, 0.1) is 0 Å². The van der Waals surface area contributed by atoms with E-state index in [-0.39, 0.29) is 0 Å². The first-order valence-electron chi connectivity index (χ1n) is 5.98. The molecule has 0 atom stereocenters. The summed E-state index contributed by atoms with van der Waals surface area (Å²) < 4.78 is 5.30. The molecule has 102 valence electrons. The fourth-order valence-corrected chi connectivity index (χ4v) is 2.38. The van der Waals surface area contributed by atoms with E-state index in [1.54, 1.807) is 0 Å². The number of H-pyrrole nitrogens is 1. The van der Waals surface area contributed by atoms with Crippen LogP contribution < -0.4 is 5.73 Å². The van der Waals surface area contributed by atoms with Crippen molar-refractivity contribution in [1.29, 1.82) is 0 Å². The first kappa shape index (κ1) is 12.7. The Morgan fingerprint density at radius 2 is 2.00 bits per heavy atom. The fraction of sp³-hybridized carbons (Fsp3) is 0.154. The molecule has 0 fully saturated rings. The number of hydrogen-bond acceptors (Lipinski definition) is 6. The number of thioether (sulfide) groups is 1. The van der Waals surface area contributed by atoms with Gasteiger partial charge in [-0.05, 0) is 13.2 Å². The quantitative estimate of drug-likeness (QED) is 0.719. The number of benzene rings is 1. The van der Waals surface area contributed by atoms with Crippen molar-refractivity contribution in [1.82, 2.24) is 20.3 Å². The Morgan fingerprint density at radius 1 is 1.25 bits per heavy atom. The lowest BCUT2D eigenvalue weighted by atomic mass is 10.1. The van der Waals surface area contributed by atoms with Gasteiger partial charge in [0.1, 0.15) is 16.4 Å². The molecule has 2 aromatic heterocycles.